The van der Waals surface area contributed by atoms with E-state index in [2.05, 4.69) is 19.2 Å². The van der Waals surface area contributed by atoms with Gasteiger partial charge in [-0.1, -0.05) is 50.2 Å². The Bertz CT molecular complexity index is 1070. The molecule has 0 fully saturated rings. The summed E-state index contributed by atoms with van der Waals surface area (Å²) < 4.78 is 26.3. The minimum atomic E-state index is -3.73. The Labute approximate surface area is 197 Å². The maximum Gasteiger partial charge on any atom is 0.244 e. The lowest BCUT2D eigenvalue weighted by Gasteiger charge is -2.31. The Kier molecular flexibility index (Phi) is 9.05. The zero-order valence-electron chi connectivity index (χ0n) is 20.3. The first-order valence-electron chi connectivity index (χ1n) is 11.1. The van der Waals surface area contributed by atoms with Crippen molar-refractivity contribution in [3.05, 3.63) is 65.2 Å². The van der Waals surface area contributed by atoms with Gasteiger partial charge < -0.3 is 10.2 Å². The van der Waals surface area contributed by atoms with Gasteiger partial charge >= 0.3 is 0 Å². The third-order valence-corrected chi connectivity index (χ3v) is 6.79. The molecule has 7 nitrogen and oxygen atoms in total. The normalized spacial score (nSPS) is 12.3. The third-order valence-electron chi connectivity index (χ3n) is 5.65. The highest BCUT2D eigenvalue weighted by Gasteiger charge is 2.30. The van der Waals surface area contributed by atoms with Crippen LogP contribution in [0.5, 0.6) is 0 Å². The Morgan fingerprint density at radius 3 is 2.12 bits per heavy atom. The van der Waals surface area contributed by atoms with E-state index in [1.807, 2.05) is 50.2 Å². The van der Waals surface area contributed by atoms with Gasteiger partial charge in [0, 0.05) is 13.1 Å². The number of hydrogen-bond donors (Lipinski definition) is 1. The van der Waals surface area contributed by atoms with Gasteiger partial charge in [0.1, 0.15) is 12.6 Å². The molecule has 0 aromatic heterocycles. The number of likely N-dealkylation sites (N-methyl/N-ethyl adjacent to an activating group) is 1. The van der Waals surface area contributed by atoms with E-state index in [9.17, 15) is 18.0 Å². The topological polar surface area (TPSA) is 86.8 Å². The van der Waals surface area contributed by atoms with Crippen molar-refractivity contribution in [2.75, 3.05) is 23.7 Å². The van der Waals surface area contributed by atoms with Crippen LogP contribution in [0.3, 0.4) is 0 Å². The van der Waals surface area contributed by atoms with E-state index < -0.39 is 28.5 Å². The molecule has 0 radical (unpaired) electrons. The van der Waals surface area contributed by atoms with Crippen LogP contribution in [0.1, 0.15) is 50.3 Å². The van der Waals surface area contributed by atoms with Crippen molar-refractivity contribution in [3.63, 3.8) is 0 Å². The molecule has 0 heterocycles. The lowest BCUT2D eigenvalue weighted by molar-refractivity contribution is -0.139. The monoisotopic (exact) mass is 473 g/mol. The van der Waals surface area contributed by atoms with Crippen molar-refractivity contribution in [1.29, 1.82) is 0 Å². The summed E-state index contributed by atoms with van der Waals surface area (Å²) in [6, 6.07) is 14.0. The maximum atomic E-state index is 13.5. The highest BCUT2D eigenvalue weighted by Crippen LogP contribution is 2.23. The van der Waals surface area contributed by atoms with Crippen LogP contribution in [0.2, 0.25) is 0 Å². The lowest BCUT2D eigenvalue weighted by Crippen LogP contribution is -2.51. The molecule has 2 aromatic rings. The Morgan fingerprint density at radius 1 is 1.00 bits per heavy atom. The summed E-state index contributed by atoms with van der Waals surface area (Å²) in [5, 5.41) is 2.75. The van der Waals surface area contributed by atoms with E-state index in [0.717, 1.165) is 27.3 Å². The van der Waals surface area contributed by atoms with E-state index in [4.69, 9.17) is 0 Å². The molecule has 0 spiro atoms. The molecule has 0 aliphatic rings. The van der Waals surface area contributed by atoms with Crippen molar-refractivity contribution < 1.29 is 18.0 Å². The van der Waals surface area contributed by atoms with Crippen LogP contribution in [0.25, 0.3) is 0 Å². The van der Waals surface area contributed by atoms with Crippen LogP contribution >= 0.6 is 0 Å². The summed E-state index contributed by atoms with van der Waals surface area (Å²) in [5.74, 6) is -0.433. The van der Waals surface area contributed by atoms with Gasteiger partial charge in [-0.3, -0.25) is 13.9 Å². The standard InChI is InChI=1S/C25H35N3O4S/c1-7-26-25(30)20(5)27(16-22-11-9-8-10-19(22)4)24(29)17-28(33(6,31)32)23-14-12-21(13-15-23)18(2)3/h8-15,18,20H,7,16-17H2,1-6H3,(H,26,30). The summed E-state index contributed by atoms with van der Waals surface area (Å²) >= 11 is 0. The number of carbonyl (C=O) groups is 2. The van der Waals surface area contributed by atoms with E-state index in [0.29, 0.717) is 18.2 Å². The molecule has 0 saturated heterocycles. The molecule has 0 aliphatic carbocycles. The number of nitrogens with one attached hydrogen (secondary N) is 1. The zero-order valence-corrected chi connectivity index (χ0v) is 21.1. The average molecular weight is 474 g/mol. The second kappa shape index (κ2) is 11.3. The molecule has 2 aromatic carbocycles. The van der Waals surface area contributed by atoms with Gasteiger partial charge in [0.05, 0.1) is 11.9 Å². The SMILES string of the molecule is CCNC(=O)C(C)N(Cc1ccccc1C)C(=O)CN(c1ccc(C(C)C)cc1)S(C)(=O)=O. The molecule has 1 atom stereocenters. The number of amides is 2. The van der Waals surface area contributed by atoms with Gasteiger partial charge in [0.25, 0.3) is 0 Å². The van der Waals surface area contributed by atoms with Gasteiger partial charge in [-0.25, -0.2) is 8.42 Å². The smallest absolute Gasteiger partial charge is 0.244 e. The predicted octanol–water partition coefficient (Wildman–Crippen LogP) is 3.44. The number of hydrogen-bond acceptors (Lipinski definition) is 4. The van der Waals surface area contributed by atoms with Crippen molar-refractivity contribution in [1.82, 2.24) is 10.2 Å². The minimum absolute atomic E-state index is 0.202. The van der Waals surface area contributed by atoms with Gasteiger partial charge in [0.2, 0.25) is 21.8 Å². The molecule has 0 aliphatic heterocycles. The Balaban J connectivity index is 2.39. The molecular formula is C25H35N3O4S. The van der Waals surface area contributed by atoms with Crippen LogP contribution in [-0.4, -0.2) is 50.5 Å². The number of nitrogens with zero attached hydrogens (tertiary/aromatic N) is 2. The van der Waals surface area contributed by atoms with Crippen molar-refractivity contribution in [2.24, 2.45) is 0 Å². The predicted molar refractivity (Wildman–Crippen MR) is 133 cm³/mol. The van der Waals surface area contributed by atoms with Crippen molar-refractivity contribution in [2.45, 2.75) is 53.1 Å². The maximum absolute atomic E-state index is 13.5. The second-order valence-electron chi connectivity index (χ2n) is 8.53. The average Bonchev–Trinajstić information content (AvgIpc) is 2.75. The molecular weight excluding hydrogens is 438 g/mol. The number of rotatable bonds is 10. The summed E-state index contributed by atoms with van der Waals surface area (Å²) in [6.45, 7) is 9.76. The molecule has 1 unspecified atom stereocenters. The van der Waals surface area contributed by atoms with E-state index in [-0.39, 0.29) is 12.5 Å². The van der Waals surface area contributed by atoms with Gasteiger partial charge in [-0.2, -0.15) is 0 Å². The van der Waals surface area contributed by atoms with Gasteiger partial charge in [-0.05, 0) is 55.5 Å². The number of sulfonamides is 1. The largest absolute Gasteiger partial charge is 0.355 e. The van der Waals surface area contributed by atoms with Crippen LogP contribution in [-0.2, 0) is 26.2 Å². The first-order chi connectivity index (χ1) is 15.5. The van der Waals surface area contributed by atoms with E-state index in [1.54, 1.807) is 19.1 Å². The van der Waals surface area contributed by atoms with Crippen LogP contribution < -0.4 is 9.62 Å². The van der Waals surface area contributed by atoms with Gasteiger partial charge in [-0.15, -0.1) is 0 Å². The number of carbonyl (C=O) groups excluding carboxylic acids is 2. The lowest BCUT2D eigenvalue weighted by atomic mass is 10.0. The number of anilines is 1. The highest BCUT2D eigenvalue weighted by atomic mass is 32.2. The summed E-state index contributed by atoms with van der Waals surface area (Å²) in [7, 11) is -3.73. The quantitative estimate of drug-likeness (QED) is 0.573. The Hall–Kier alpha value is -2.87. The fourth-order valence-electron chi connectivity index (χ4n) is 3.51. The van der Waals surface area contributed by atoms with Crippen molar-refractivity contribution >= 4 is 27.5 Å². The summed E-state index contributed by atoms with van der Waals surface area (Å²) in [6.07, 6.45) is 1.08. The van der Waals surface area contributed by atoms with Crippen LogP contribution in [0.4, 0.5) is 5.69 Å². The molecule has 2 rings (SSSR count). The fraction of sp³-hybridized carbons (Fsp3) is 0.440. The second-order valence-corrected chi connectivity index (χ2v) is 10.4. The minimum Gasteiger partial charge on any atom is -0.355 e. The first-order valence-corrected chi connectivity index (χ1v) is 13.0. The molecule has 1 N–H and O–H groups in total. The van der Waals surface area contributed by atoms with Crippen LogP contribution in [0.15, 0.2) is 48.5 Å². The van der Waals surface area contributed by atoms with E-state index in [1.165, 1.54) is 4.90 Å². The highest BCUT2D eigenvalue weighted by molar-refractivity contribution is 7.92. The molecule has 0 saturated carbocycles. The summed E-state index contributed by atoms with van der Waals surface area (Å²) in [5.41, 5.74) is 3.37. The van der Waals surface area contributed by atoms with E-state index >= 15 is 0 Å². The Morgan fingerprint density at radius 2 is 1.61 bits per heavy atom. The summed E-state index contributed by atoms with van der Waals surface area (Å²) in [4.78, 5) is 27.5. The fourth-order valence-corrected chi connectivity index (χ4v) is 4.36. The number of benzene rings is 2. The molecule has 0 bridgehead atoms. The third kappa shape index (κ3) is 7.05. The molecule has 180 valence electrons. The van der Waals surface area contributed by atoms with Crippen molar-refractivity contribution in [3.8, 4) is 0 Å². The number of aryl methyl sites for hydroxylation is 1. The van der Waals surface area contributed by atoms with Crippen LogP contribution in [0, 0.1) is 6.92 Å². The van der Waals surface area contributed by atoms with Gasteiger partial charge in [0.15, 0.2) is 0 Å². The zero-order chi connectivity index (χ0) is 24.8. The molecule has 8 heteroatoms. The first kappa shape index (κ1) is 26.4. The molecule has 2 amide bonds. The molecule has 33 heavy (non-hydrogen) atoms.